The Bertz CT molecular complexity index is 1870. The van der Waals surface area contributed by atoms with Crippen molar-refractivity contribution in [3.8, 4) is 22.6 Å². The topological polar surface area (TPSA) is 136 Å². The van der Waals surface area contributed by atoms with Crippen molar-refractivity contribution in [1.29, 1.82) is 0 Å². The molecular formula is C30H20Cl2N4O6. The zero-order valence-electron chi connectivity index (χ0n) is 21.8. The molecule has 42 heavy (non-hydrogen) atoms. The van der Waals surface area contributed by atoms with E-state index in [0.717, 1.165) is 5.39 Å². The number of nitrogens with zero attached hydrogens (tertiary/aromatic N) is 2. The van der Waals surface area contributed by atoms with Crippen molar-refractivity contribution in [2.45, 2.75) is 0 Å². The first-order valence-corrected chi connectivity index (χ1v) is 13.1. The summed E-state index contributed by atoms with van der Waals surface area (Å²) < 4.78 is 10.8. The van der Waals surface area contributed by atoms with Gasteiger partial charge in [-0.1, -0.05) is 53.5 Å². The fourth-order valence-corrected chi connectivity index (χ4v) is 4.70. The van der Waals surface area contributed by atoms with Gasteiger partial charge in [-0.05, 0) is 48.0 Å². The van der Waals surface area contributed by atoms with Crippen molar-refractivity contribution in [3.05, 3.63) is 122 Å². The predicted molar refractivity (Wildman–Crippen MR) is 160 cm³/mol. The number of fused-ring (bicyclic) bond motifs is 1. The van der Waals surface area contributed by atoms with Crippen LogP contribution in [0.3, 0.4) is 0 Å². The van der Waals surface area contributed by atoms with E-state index < -0.39 is 16.8 Å². The lowest BCUT2D eigenvalue weighted by Gasteiger charge is -2.10. The number of H-pyrrole nitrogens is 1. The number of carbonyl (C=O) groups excluding carboxylic acids is 2. The van der Waals surface area contributed by atoms with Crippen LogP contribution in [0.1, 0.15) is 26.4 Å². The molecule has 0 saturated heterocycles. The fraction of sp³-hybridized carbons (Fsp3) is 0.0333. The number of hydrazone groups is 1. The highest BCUT2D eigenvalue weighted by atomic mass is 35.5. The minimum Gasteiger partial charge on any atom is -0.493 e. The Hall–Kier alpha value is -5.19. The van der Waals surface area contributed by atoms with E-state index in [1.807, 2.05) is 18.2 Å². The minimum atomic E-state index is -0.718. The lowest BCUT2D eigenvalue weighted by atomic mass is 10.0. The summed E-state index contributed by atoms with van der Waals surface area (Å²) in [5.41, 5.74) is 5.10. The fourth-order valence-electron chi connectivity index (χ4n) is 4.24. The van der Waals surface area contributed by atoms with E-state index in [2.05, 4.69) is 15.5 Å². The summed E-state index contributed by atoms with van der Waals surface area (Å²) in [6.07, 6.45) is 1.40. The molecule has 10 nitrogen and oxygen atoms in total. The summed E-state index contributed by atoms with van der Waals surface area (Å²) in [5, 5.41) is 16.6. The number of amides is 1. The molecule has 2 N–H and O–H groups in total. The zero-order chi connectivity index (χ0) is 29.8. The summed E-state index contributed by atoms with van der Waals surface area (Å²) in [4.78, 5) is 39.1. The monoisotopic (exact) mass is 602 g/mol. The van der Waals surface area contributed by atoms with Gasteiger partial charge in [0.2, 0.25) is 0 Å². The molecule has 0 fully saturated rings. The van der Waals surface area contributed by atoms with Gasteiger partial charge in [0.1, 0.15) is 5.69 Å². The number of para-hydroxylation sites is 1. The van der Waals surface area contributed by atoms with E-state index in [9.17, 15) is 19.7 Å². The maximum Gasteiger partial charge on any atom is 0.343 e. The standard InChI is InChI=1S/C30H20Cl2N4O6/c1-41-25-15-17(9-14-24(25)42-30(38)18-10-12-19(13-11-18)36(39)40)16-33-35-29(37)28-26(20-5-2-3-7-22(20)31)21-6-4-8-23(32)27(21)34-28/h2-16,34H,1H3,(H,35,37). The lowest BCUT2D eigenvalue weighted by Crippen LogP contribution is -2.19. The van der Waals surface area contributed by atoms with Crippen molar-refractivity contribution in [3.63, 3.8) is 0 Å². The molecule has 0 aliphatic rings. The zero-order valence-corrected chi connectivity index (χ0v) is 23.3. The molecule has 1 heterocycles. The predicted octanol–water partition coefficient (Wildman–Crippen LogP) is 7.04. The van der Waals surface area contributed by atoms with Gasteiger partial charge in [0.05, 0.1) is 34.4 Å². The number of carbonyl (C=O) groups is 2. The average Bonchev–Trinajstić information content (AvgIpc) is 3.39. The number of aromatic nitrogens is 1. The van der Waals surface area contributed by atoms with Gasteiger partial charge in [0.15, 0.2) is 11.5 Å². The molecule has 0 aliphatic carbocycles. The van der Waals surface area contributed by atoms with E-state index >= 15 is 0 Å². The molecule has 0 saturated carbocycles. The van der Waals surface area contributed by atoms with Crippen LogP contribution in [0.15, 0.2) is 90.0 Å². The minimum absolute atomic E-state index is 0.126. The number of nitro groups is 1. The molecular weight excluding hydrogens is 583 g/mol. The van der Waals surface area contributed by atoms with Gasteiger partial charge in [0, 0.05) is 33.7 Å². The number of non-ortho nitro benzene ring substituents is 1. The molecule has 0 aliphatic heterocycles. The van der Waals surface area contributed by atoms with Gasteiger partial charge in [-0.3, -0.25) is 14.9 Å². The number of hydrogen-bond donors (Lipinski definition) is 2. The summed E-state index contributed by atoms with van der Waals surface area (Å²) >= 11 is 12.9. The van der Waals surface area contributed by atoms with Crippen molar-refractivity contribution in [2.75, 3.05) is 7.11 Å². The van der Waals surface area contributed by atoms with Gasteiger partial charge in [0.25, 0.3) is 11.6 Å². The number of methoxy groups -OCH3 is 1. The first-order chi connectivity index (χ1) is 20.3. The van der Waals surface area contributed by atoms with Crippen LogP contribution < -0.4 is 14.9 Å². The number of ether oxygens (including phenoxy) is 2. The third-order valence-corrected chi connectivity index (χ3v) is 6.88. The molecule has 5 aromatic rings. The molecule has 0 unspecified atom stereocenters. The van der Waals surface area contributed by atoms with Crippen LogP contribution in [0, 0.1) is 10.1 Å². The average molecular weight is 603 g/mol. The number of aromatic amines is 1. The molecule has 12 heteroatoms. The Balaban J connectivity index is 1.34. The van der Waals surface area contributed by atoms with Crippen LogP contribution in [-0.4, -0.2) is 35.1 Å². The van der Waals surface area contributed by atoms with E-state index in [1.165, 1.54) is 43.7 Å². The quantitative estimate of drug-likeness (QED) is 0.0642. The first kappa shape index (κ1) is 28.3. The third-order valence-electron chi connectivity index (χ3n) is 6.24. The largest absolute Gasteiger partial charge is 0.493 e. The van der Waals surface area contributed by atoms with Crippen molar-refractivity contribution in [2.24, 2.45) is 5.10 Å². The number of benzene rings is 4. The van der Waals surface area contributed by atoms with Gasteiger partial charge in [-0.25, -0.2) is 10.2 Å². The highest BCUT2D eigenvalue weighted by Crippen LogP contribution is 2.38. The Morgan fingerprint density at radius 1 is 0.952 bits per heavy atom. The molecule has 0 bridgehead atoms. The van der Waals surface area contributed by atoms with E-state index in [0.29, 0.717) is 32.3 Å². The van der Waals surface area contributed by atoms with E-state index in [-0.39, 0.29) is 28.4 Å². The summed E-state index contributed by atoms with van der Waals surface area (Å²) in [5.74, 6) is -0.883. The van der Waals surface area contributed by atoms with E-state index in [4.69, 9.17) is 32.7 Å². The Morgan fingerprint density at radius 2 is 1.69 bits per heavy atom. The highest BCUT2D eigenvalue weighted by Gasteiger charge is 2.22. The number of halogens is 2. The molecule has 1 amide bonds. The Labute approximate surface area is 248 Å². The number of nitrogens with one attached hydrogen (secondary N) is 2. The molecule has 0 spiro atoms. The number of esters is 1. The number of hydrogen-bond acceptors (Lipinski definition) is 7. The first-order valence-electron chi connectivity index (χ1n) is 12.3. The molecule has 1 aromatic heterocycles. The molecule has 0 atom stereocenters. The van der Waals surface area contributed by atoms with Crippen LogP contribution in [0.25, 0.3) is 22.0 Å². The molecule has 5 rings (SSSR count). The second-order valence-corrected chi connectivity index (χ2v) is 9.63. The molecule has 4 aromatic carbocycles. The van der Waals surface area contributed by atoms with Gasteiger partial charge in [-0.15, -0.1) is 0 Å². The van der Waals surface area contributed by atoms with Crippen LogP contribution in [0.4, 0.5) is 5.69 Å². The SMILES string of the molecule is COc1cc(C=NNC(=O)c2[nH]c3c(Cl)cccc3c2-c2ccccc2Cl)ccc1OC(=O)c1ccc([N+](=O)[O-])cc1. The van der Waals surface area contributed by atoms with Crippen molar-refractivity contribution in [1.82, 2.24) is 10.4 Å². The van der Waals surface area contributed by atoms with Crippen molar-refractivity contribution >= 4 is 57.9 Å². The van der Waals surface area contributed by atoms with Crippen LogP contribution in [-0.2, 0) is 0 Å². The Kier molecular flexibility index (Phi) is 8.19. The highest BCUT2D eigenvalue weighted by molar-refractivity contribution is 6.37. The molecule has 0 radical (unpaired) electrons. The van der Waals surface area contributed by atoms with Gasteiger partial charge >= 0.3 is 5.97 Å². The smallest absolute Gasteiger partial charge is 0.343 e. The number of rotatable bonds is 8. The maximum atomic E-state index is 13.3. The van der Waals surface area contributed by atoms with Gasteiger partial charge in [-0.2, -0.15) is 5.10 Å². The maximum absolute atomic E-state index is 13.3. The van der Waals surface area contributed by atoms with Crippen LogP contribution in [0.2, 0.25) is 10.0 Å². The summed E-state index contributed by atoms with van der Waals surface area (Å²) in [6, 6.07) is 22.2. The molecule has 210 valence electrons. The number of nitro benzene ring substituents is 1. The van der Waals surface area contributed by atoms with Crippen LogP contribution in [0.5, 0.6) is 11.5 Å². The second kappa shape index (κ2) is 12.1. The summed E-state index contributed by atoms with van der Waals surface area (Å²) in [7, 11) is 1.40. The Morgan fingerprint density at radius 3 is 2.40 bits per heavy atom. The van der Waals surface area contributed by atoms with Gasteiger partial charge < -0.3 is 14.5 Å². The lowest BCUT2D eigenvalue weighted by molar-refractivity contribution is -0.384. The van der Waals surface area contributed by atoms with Crippen molar-refractivity contribution < 1.29 is 24.0 Å². The third kappa shape index (κ3) is 5.80. The summed E-state index contributed by atoms with van der Waals surface area (Å²) in [6.45, 7) is 0. The second-order valence-electron chi connectivity index (χ2n) is 8.82. The van der Waals surface area contributed by atoms with E-state index in [1.54, 1.807) is 36.4 Å². The normalized spacial score (nSPS) is 11.0. The van der Waals surface area contributed by atoms with Crippen LogP contribution >= 0.6 is 23.2 Å².